The van der Waals surface area contributed by atoms with Crippen LogP contribution in [0.1, 0.15) is 106 Å². The van der Waals surface area contributed by atoms with Crippen molar-refractivity contribution in [2.45, 2.75) is 67.2 Å². The van der Waals surface area contributed by atoms with Crippen LogP contribution in [0.25, 0.3) is 33.9 Å². The Balaban J connectivity index is 0.000000220. The third-order valence-corrected chi connectivity index (χ3v) is 16.0. The molecule has 0 atom stereocenters. The first-order valence-corrected chi connectivity index (χ1v) is 31.2. The first-order chi connectivity index (χ1) is 40.6. The smallest absolute Gasteiger partial charge is 0.517 e. The van der Waals surface area contributed by atoms with Crippen molar-refractivity contribution >= 4 is 145 Å². The van der Waals surface area contributed by atoms with E-state index >= 15 is 0 Å². The summed E-state index contributed by atoms with van der Waals surface area (Å²) >= 11 is 38.4. The van der Waals surface area contributed by atoms with Gasteiger partial charge in [0, 0.05) is 75.3 Å². The van der Waals surface area contributed by atoms with E-state index in [4.69, 9.17) is 51.1 Å². The number of amides is 1. The van der Waals surface area contributed by atoms with Crippen LogP contribution in [0.3, 0.4) is 0 Å². The van der Waals surface area contributed by atoms with Gasteiger partial charge in [0.15, 0.2) is 23.0 Å². The molecule has 0 saturated carbocycles. The minimum Gasteiger partial charge on any atom is -0.517 e. The topological polar surface area (TPSA) is 172 Å². The maximum absolute atomic E-state index is 13.1. The second-order valence-electron chi connectivity index (χ2n) is 18.7. The number of esters is 2. The summed E-state index contributed by atoms with van der Waals surface area (Å²) in [7, 11) is 0. The Labute approximate surface area is 565 Å². The molecule has 8 aromatic rings. The number of halogens is 8. The van der Waals surface area contributed by atoms with Crippen molar-refractivity contribution in [3.8, 4) is 33.9 Å². The van der Waals surface area contributed by atoms with Gasteiger partial charge in [-0.25, -0.2) is 19.2 Å². The van der Waals surface area contributed by atoms with E-state index in [9.17, 15) is 28.8 Å². The fraction of sp³-hybridized carbons (Fsp3) is 0.222. The van der Waals surface area contributed by atoms with Crippen LogP contribution in [-0.2, 0) is 19.1 Å². The predicted octanol–water partition coefficient (Wildman–Crippen LogP) is 14.5. The standard InChI is InChI=1S/C22H21BrCl2N4O.C19H15BrCl2N2O2.C13H12BrO4.C9H9BrO.Li/c1-14-20(22(30)27-28-11-3-2-4-12-28)26-29(19-10-9-17(24)13-18(19)25)21(14)15-5-7-16(23)8-6-15;1-3-26-19(25)17-11(2)18(12-4-6-13(20)7-5-12)24(23-17)16-9-8-14(21)10-15(16)22;1-3-18-13(17)12(16)8(2)11(15)9-4-6-10(14)7-5-9;1-2-9(11)7-3-5-8(10)6-4-7;/h5-10,13H,2-4,11-12H2,1H3,(H,27,30);4-10H,3H2,1-2H3;4-7H,3H2,1-2H3;3-6H,2H2,1H3;/q;;-1;;+1. The molecule has 0 unspecified atom stereocenters. The molecule has 3 heterocycles. The summed E-state index contributed by atoms with van der Waals surface area (Å²) in [5.74, 6) is -3.00. The Morgan fingerprint density at radius 1 is 0.558 bits per heavy atom. The Kier molecular flexibility index (Phi) is 28.6. The average molecular weight is 1490 g/mol. The van der Waals surface area contributed by atoms with Gasteiger partial charge in [0.05, 0.1) is 51.8 Å². The van der Waals surface area contributed by atoms with E-state index in [2.05, 4.69) is 84.1 Å². The molecule has 1 aliphatic heterocycles. The van der Waals surface area contributed by atoms with E-state index in [1.807, 2.05) is 105 Å². The molecule has 0 bridgehead atoms. The molecule has 0 aliphatic carbocycles. The maximum atomic E-state index is 13.1. The van der Waals surface area contributed by atoms with Crippen molar-refractivity contribution in [1.29, 1.82) is 0 Å². The van der Waals surface area contributed by atoms with Gasteiger partial charge in [0.1, 0.15) is 0 Å². The van der Waals surface area contributed by atoms with Gasteiger partial charge in [-0.2, -0.15) is 10.2 Å². The van der Waals surface area contributed by atoms with E-state index in [1.165, 1.54) is 13.3 Å². The van der Waals surface area contributed by atoms with Gasteiger partial charge in [0.2, 0.25) is 0 Å². The van der Waals surface area contributed by atoms with Crippen LogP contribution in [0.2, 0.25) is 20.1 Å². The number of nitrogens with one attached hydrogen (secondary N) is 1. The predicted molar refractivity (Wildman–Crippen MR) is 350 cm³/mol. The number of aromatic nitrogens is 4. The number of Topliss-reactive ketones (excluding diaryl/α,β-unsaturated/α-hetero) is 3. The number of ether oxygens (including phenoxy) is 2. The van der Waals surface area contributed by atoms with E-state index < -0.39 is 23.5 Å². The number of hydrazine groups is 1. The molecule has 2 aromatic heterocycles. The van der Waals surface area contributed by atoms with E-state index in [-0.39, 0.29) is 55.4 Å². The van der Waals surface area contributed by atoms with Crippen molar-refractivity contribution in [3.63, 3.8) is 0 Å². The molecule has 1 fully saturated rings. The third kappa shape index (κ3) is 19.3. The summed E-state index contributed by atoms with van der Waals surface area (Å²) in [6.07, 6.45) is 3.93. The Morgan fingerprint density at radius 2 is 0.965 bits per heavy atom. The second kappa shape index (κ2) is 34.4. The van der Waals surface area contributed by atoms with Crippen molar-refractivity contribution in [1.82, 2.24) is 30.0 Å². The maximum Gasteiger partial charge on any atom is 1.00 e. The van der Waals surface area contributed by atoms with E-state index in [0.29, 0.717) is 49.1 Å². The number of benzene rings is 6. The molecule has 9 rings (SSSR count). The molecule has 1 aliphatic rings. The molecule has 86 heavy (non-hydrogen) atoms. The molecule has 1 amide bonds. The Morgan fingerprint density at radius 3 is 1.38 bits per heavy atom. The first kappa shape index (κ1) is 71.4. The summed E-state index contributed by atoms with van der Waals surface area (Å²) in [6.45, 7) is 12.4. The fourth-order valence-electron chi connectivity index (χ4n) is 8.46. The molecule has 444 valence electrons. The number of nitrogens with zero attached hydrogens (tertiary/aromatic N) is 5. The molecule has 6 aromatic carbocycles. The zero-order valence-corrected chi connectivity index (χ0v) is 57.3. The SMILES string of the molecule is CCC(=O)c1ccc(Br)cc1.CCOC(=O)C(=O)[C-](C)C(=O)c1ccc(Br)cc1.CCOC(=O)c1nn(-c2ccc(Cl)cc2Cl)c(-c2ccc(Br)cc2)c1C.Cc1c(C(=O)NN2CCCCC2)nn(-c2ccc(Cl)cc2Cl)c1-c1ccc(Br)cc1.[Li+]. The van der Waals surface area contributed by atoms with Crippen LogP contribution in [0.4, 0.5) is 0 Å². The molecule has 1 N–H and O–H groups in total. The van der Waals surface area contributed by atoms with Gasteiger partial charge in [0.25, 0.3) is 11.9 Å². The molecule has 0 radical (unpaired) electrons. The largest absolute Gasteiger partial charge is 1.00 e. The average Bonchev–Trinajstić information content (AvgIpc) is 1.90. The van der Waals surface area contributed by atoms with Crippen LogP contribution in [0.15, 0.2) is 151 Å². The summed E-state index contributed by atoms with van der Waals surface area (Å²) in [5, 5.41) is 13.1. The molecule has 1 saturated heterocycles. The summed E-state index contributed by atoms with van der Waals surface area (Å²) < 4.78 is 16.8. The van der Waals surface area contributed by atoms with E-state index in [1.54, 1.807) is 77.8 Å². The van der Waals surface area contributed by atoms with Crippen LogP contribution in [0.5, 0.6) is 0 Å². The van der Waals surface area contributed by atoms with Gasteiger partial charge in [-0.05, 0) is 113 Å². The number of carbonyl (C=O) groups is 6. The molecule has 0 spiro atoms. The number of hydrogen-bond donors (Lipinski definition) is 1. The number of hydrogen-bond acceptors (Lipinski definition) is 11. The number of ketones is 3. The zero-order chi connectivity index (χ0) is 62.1. The minimum absolute atomic E-state index is 0. The second-order valence-corrected chi connectivity index (χ2v) is 24.0. The van der Waals surface area contributed by atoms with Gasteiger partial charge >= 0.3 is 24.8 Å². The van der Waals surface area contributed by atoms with Gasteiger partial charge in [-0.3, -0.25) is 15.0 Å². The van der Waals surface area contributed by atoms with Crippen molar-refractivity contribution in [2.24, 2.45) is 0 Å². The van der Waals surface area contributed by atoms with Crippen molar-refractivity contribution in [3.05, 3.63) is 211 Å². The van der Waals surface area contributed by atoms with Crippen LogP contribution in [-0.4, -0.2) is 86.1 Å². The molecule has 23 heteroatoms. The Bertz CT molecular complexity index is 3680. The van der Waals surface area contributed by atoms with Gasteiger partial charge in [-0.15, -0.1) is 12.1 Å². The third-order valence-electron chi connectivity index (χ3n) is 12.8. The minimum atomic E-state index is -1.000. The molecule has 14 nitrogen and oxygen atoms in total. The summed E-state index contributed by atoms with van der Waals surface area (Å²) in [4.78, 5) is 71.2. The van der Waals surface area contributed by atoms with E-state index in [0.717, 1.165) is 83.0 Å². The Hall–Kier alpha value is -5.33. The van der Waals surface area contributed by atoms with Crippen LogP contribution >= 0.6 is 110 Å². The van der Waals surface area contributed by atoms with Crippen LogP contribution < -0.4 is 24.3 Å². The monoisotopic (exact) mass is 1490 g/mol. The quantitative estimate of drug-likeness (QED) is 0.0259. The molecular weight excluding hydrogens is 1440 g/mol. The van der Waals surface area contributed by atoms with Crippen LogP contribution in [0, 0.1) is 19.8 Å². The first-order valence-electron chi connectivity index (χ1n) is 26.6. The van der Waals surface area contributed by atoms with Crippen molar-refractivity contribution < 1.29 is 57.1 Å². The zero-order valence-electron chi connectivity index (χ0n) is 47.9. The summed E-state index contributed by atoms with van der Waals surface area (Å²) in [6, 6.07) is 40.0. The van der Waals surface area contributed by atoms with Gasteiger partial charge in [-0.1, -0.05) is 190 Å². The van der Waals surface area contributed by atoms with Gasteiger partial charge < -0.3 is 23.9 Å². The number of carbonyl (C=O) groups excluding carboxylic acids is 6. The summed E-state index contributed by atoms with van der Waals surface area (Å²) in [5.41, 5.74) is 11.0. The molecular formula is C63H57Br4Cl4LiN6O8. The fourth-order valence-corrected chi connectivity index (χ4v) is 10.5. The number of rotatable bonds is 15. The normalized spacial score (nSPS) is 11.7. The van der Waals surface area contributed by atoms with Crippen molar-refractivity contribution in [2.75, 3.05) is 26.3 Å². The number of piperidine rings is 1.